The summed E-state index contributed by atoms with van der Waals surface area (Å²) in [4.78, 5) is 0.0346. The third-order valence-corrected chi connectivity index (χ3v) is 3.61. The van der Waals surface area contributed by atoms with Crippen LogP contribution in [0.15, 0.2) is 23.1 Å². The van der Waals surface area contributed by atoms with E-state index >= 15 is 0 Å². The highest BCUT2D eigenvalue weighted by molar-refractivity contribution is 7.89. The zero-order valence-corrected chi connectivity index (χ0v) is 9.85. The minimum atomic E-state index is -3.61. The van der Waals surface area contributed by atoms with Crippen molar-refractivity contribution in [1.29, 1.82) is 5.26 Å². The maximum atomic E-state index is 11.7. The van der Waals surface area contributed by atoms with Gasteiger partial charge in [0.05, 0.1) is 21.7 Å². The Morgan fingerprint density at radius 2 is 2.19 bits per heavy atom. The van der Waals surface area contributed by atoms with Gasteiger partial charge < -0.3 is 5.73 Å². The first-order valence-electron chi connectivity index (χ1n) is 4.39. The average Bonchev–Trinajstić information content (AvgIpc) is 2.22. The Kier molecular flexibility index (Phi) is 4.12. The van der Waals surface area contributed by atoms with Gasteiger partial charge in [-0.2, -0.15) is 5.26 Å². The average molecular weight is 260 g/mol. The number of hydrogen-bond donors (Lipinski definition) is 2. The second kappa shape index (κ2) is 5.16. The Morgan fingerprint density at radius 3 is 2.75 bits per heavy atom. The first-order valence-corrected chi connectivity index (χ1v) is 6.25. The van der Waals surface area contributed by atoms with Gasteiger partial charge in [0.2, 0.25) is 10.0 Å². The summed E-state index contributed by atoms with van der Waals surface area (Å²) in [6.07, 6.45) is 0.113. The molecule has 0 aliphatic rings. The molecule has 0 spiro atoms. The van der Waals surface area contributed by atoms with Crippen LogP contribution in [0, 0.1) is 11.3 Å². The van der Waals surface area contributed by atoms with Crippen molar-refractivity contribution in [3.8, 4) is 6.07 Å². The number of halogens is 1. The van der Waals surface area contributed by atoms with Gasteiger partial charge in [-0.3, -0.25) is 0 Å². The smallest absolute Gasteiger partial charge is 0.240 e. The van der Waals surface area contributed by atoms with Gasteiger partial charge in [0.25, 0.3) is 0 Å². The highest BCUT2D eigenvalue weighted by Gasteiger charge is 2.14. The molecule has 1 aromatic carbocycles. The summed E-state index contributed by atoms with van der Waals surface area (Å²) >= 11 is 5.67. The summed E-state index contributed by atoms with van der Waals surface area (Å²) < 4.78 is 25.6. The standard InChI is InChI=1S/C9H10ClN3O2S/c10-8-3-2-7(6-9(8)12)16(14,15)13-5-1-4-11/h2-3,6,13H,1,5,12H2. The van der Waals surface area contributed by atoms with E-state index in [4.69, 9.17) is 22.6 Å². The maximum absolute atomic E-state index is 11.7. The maximum Gasteiger partial charge on any atom is 0.240 e. The molecule has 0 aliphatic heterocycles. The van der Waals surface area contributed by atoms with Crippen molar-refractivity contribution < 1.29 is 8.42 Å². The molecular formula is C9H10ClN3O2S. The molecule has 0 aromatic heterocycles. The van der Waals surface area contributed by atoms with Crippen LogP contribution in [0.3, 0.4) is 0 Å². The quantitative estimate of drug-likeness (QED) is 0.625. The molecule has 1 aromatic rings. The largest absolute Gasteiger partial charge is 0.397 e. The minimum Gasteiger partial charge on any atom is -0.397 e. The molecule has 0 unspecified atom stereocenters. The molecule has 0 aliphatic carbocycles. The van der Waals surface area contributed by atoms with E-state index in [1.165, 1.54) is 18.2 Å². The topological polar surface area (TPSA) is 96.0 Å². The first-order chi connectivity index (χ1) is 7.47. The lowest BCUT2D eigenvalue weighted by molar-refractivity contribution is 0.582. The van der Waals surface area contributed by atoms with E-state index in [-0.39, 0.29) is 23.5 Å². The SMILES string of the molecule is N#CCCNS(=O)(=O)c1ccc(Cl)c(N)c1. The number of anilines is 1. The van der Waals surface area contributed by atoms with Gasteiger partial charge in [-0.15, -0.1) is 0 Å². The van der Waals surface area contributed by atoms with Gasteiger partial charge in [0, 0.05) is 13.0 Å². The monoisotopic (exact) mass is 259 g/mol. The lowest BCUT2D eigenvalue weighted by atomic mass is 10.3. The van der Waals surface area contributed by atoms with E-state index < -0.39 is 10.0 Å². The molecule has 7 heteroatoms. The van der Waals surface area contributed by atoms with Crippen LogP contribution < -0.4 is 10.5 Å². The molecule has 0 fully saturated rings. The number of nitrogens with one attached hydrogen (secondary N) is 1. The van der Waals surface area contributed by atoms with Crippen LogP contribution in [0.4, 0.5) is 5.69 Å². The molecule has 0 amide bonds. The van der Waals surface area contributed by atoms with Crippen LogP contribution >= 0.6 is 11.6 Å². The van der Waals surface area contributed by atoms with E-state index in [2.05, 4.69) is 4.72 Å². The van der Waals surface area contributed by atoms with Crippen molar-refractivity contribution >= 4 is 27.3 Å². The van der Waals surface area contributed by atoms with E-state index in [0.717, 1.165) is 0 Å². The summed E-state index contributed by atoms with van der Waals surface area (Å²) in [5.41, 5.74) is 5.69. The fraction of sp³-hybridized carbons (Fsp3) is 0.222. The molecule has 16 heavy (non-hydrogen) atoms. The molecule has 0 atom stereocenters. The van der Waals surface area contributed by atoms with Crippen molar-refractivity contribution in [3.63, 3.8) is 0 Å². The molecule has 0 bridgehead atoms. The molecule has 0 radical (unpaired) electrons. The summed E-state index contributed by atoms with van der Waals surface area (Å²) in [5, 5.41) is 8.59. The van der Waals surface area contributed by atoms with Gasteiger partial charge in [-0.1, -0.05) is 11.6 Å². The predicted octanol–water partition coefficient (Wildman–Crippen LogP) is 1.11. The summed E-state index contributed by atoms with van der Waals surface area (Å²) in [5.74, 6) is 0. The molecule has 1 rings (SSSR count). The van der Waals surface area contributed by atoms with Crippen molar-refractivity contribution in [2.75, 3.05) is 12.3 Å². The van der Waals surface area contributed by atoms with Gasteiger partial charge in [-0.25, -0.2) is 13.1 Å². The van der Waals surface area contributed by atoms with Crippen molar-refractivity contribution in [2.45, 2.75) is 11.3 Å². The molecule has 86 valence electrons. The van der Waals surface area contributed by atoms with E-state index in [9.17, 15) is 8.42 Å². The van der Waals surface area contributed by atoms with Crippen molar-refractivity contribution in [2.24, 2.45) is 0 Å². The molecule has 5 nitrogen and oxygen atoms in total. The zero-order chi connectivity index (χ0) is 12.2. The van der Waals surface area contributed by atoms with Crippen LogP contribution in [0.1, 0.15) is 6.42 Å². The second-order valence-electron chi connectivity index (χ2n) is 2.99. The van der Waals surface area contributed by atoms with Gasteiger partial charge in [-0.05, 0) is 18.2 Å². The number of sulfonamides is 1. The Hall–Kier alpha value is -1.29. The Morgan fingerprint density at radius 1 is 1.50 bits per heavy atom. The number of nitrogens with zero attached hydrogens (tertiary/aromatic N) is 1. The number of nitrogen functional groups attached to an aromatic ring is 1. The fourth-order valence-electron chi connectivity index (χ4n) is 1.01. The Balaban J connectivity index is 2.91. The van der Waals surface area contributed by atoms with Crippen LogP contribution in [0.25, 0.3) is 0 Å². The first kappa shape index (κ1) is 12.8. The Labute approximate surface area is 98.9 Å². The van der Waals surface area contributed by atoms with Crippen molar-refractivity contribution in [3.05, 3.63) is 23.2 Å². The molecular weight excluding hydrogens is 250 g/mol. The second-order valence-corrected chi connectivity index (χ2v) is 5.16. The third kappa shape index (κ3) is 3.10. The number of rotatable bonds is 4. The molecule has 0 saturated carbocycles. The predicted molar refractivity (Wildman–Crippen MR) is 61.3 cm³/mol. The van der Waals surface area contributed by atoms with Crippen LogP contribution in [-0.2, 0) is 10.0 Å². The summed E-state index contributed by atoms with van der Waals surface area (Å²) in [6, 6.07) is 5.88. The van der Waals surface area contributed by atoms with Gasteiger partial charge >= 0.3 is 0 Å². The van der Waals surface area contributed by atoms with Crippen LogP contribution in [-0.4, -0.2) is 15.0 Å². The number of benzene rings is 1. The number of nitrogens with two attached hydrogens (primary N) is 1. The fourth-order valence-corrected chi connectivity index (χ4v) is 2.20. The normalized spacial score (nSPS) is 11.0. The van der Waals surface area contributed by atoms with Gasteiger partial charge in [0.1, 0.15) is 0 Å². The van der Waals surface area contributed by atoms with Crippen LogP contribution in [0.2, 0.25) is 5.02 Å². The van der Waals surface area contributed by atoms with Crippen LogP contribution in [0.5, 0.6) is 0 Å². The molecule has 0 saturated heterocycles. The highest BCUT2D eigenvalue weighted by atomic mass is 35.5. The van der Waals surface area contributed by atoms with E-state index in [0.29, 0.717) is 5.02 Å². The molecule has 0 heterocycles. The highest BCUT2D eigenvalue weighted by Crippen LogP contribution is 2.21. The Bertz CT molecular complexity index is 522. The summed E-state index contributed by atoms with van der Waals surface area (Å²) in [6.45, 7) is 0.0708. The minimum absolute atomic E-state index is 0.0346. The van der Waals surface area contributed by atoms with Gasteiger partial charge in [0.15, 0.2) is 0 Å². The van der Waals surface area contributed by atoms with E-state index in [1.54, 1.807) is 0 Å². The van der Waals surface area contributed by atoms with Crippen molar-refractivity contribution in [1.82, 2.24) is 4.72 Å². The lowest BCUT2D eigenvalue weighted by Crippen LogP contribution is -2.24. The number of hydrogen-bond acceptors (Lipinski definition) is 4. The van der Waals surface area contributed by atoms with E-state index in [1.807, 2.05) is 6.07 Å². The zero-order valence-electron chi connectivity index (χ0n) is 8.27. The number of nitriles is 1. The summed E-state index contributed by atoms with van der Waals surface area (Å²) in [7, 11) is -3.61. The third-order valence-electron chi connectivity index (χ3n) is 1.81. The lowest BCUT2D eigenvalue weighted by Gasteiger charge is -2.06. The molecule has 3 N–H and O–H groups in total.